The molecular formula is C13H19O4-. The van der Waals surface area contributed by atoms with E-state index in [0.29, 0.717) is 17.9 Å². The Hall–Kier alpha value is -1.84. The molecule has 0 amide bonds. The van der Waals surface area contributed by atoms with E-state index in [0.717, 1.165) is 6.29 Å². The van der Waals surface area contributed by atoms with Crippen LogP contribution in [0, 0.1) is 0 Å². The van der Waals surface area contributed by atoms with Crippen molar-refractivity contribution in [3.8, 4) is 5.75 Å². The SMILES string of the molecule is CC.CCO[C-]=O.COc1ccccc1C=O. The number of benzene rings is 1. The first kappa shape index (κ1) is 17.6. The Bertz CT molecular complexity index is 297. The molecule has 0 atom stereocenters. The third-order valence-electron chi connectivity index (χ3n) is 1.47. The van der Waals surface area contributed by atoms with Gasteiger partial charge in [0.05, 0.1) is 12.7 Å². The van der Waals surface area contributed by atoms with Crippen LogP contribution in [0.5, 0.6) is 5.75 Å². The number of aldehydes is 1. The van der Waals surface area contributed by atoms with Crippen LogP contribution in [0.15, 0.2) is 24.3 Å². The minimum atomic E-state index is 0.420. The lowest BCUT2D eigenvalue weighted by Gasteiger charge is -1.99. The third kappa shape index (κ3) is 9.11. The minimum absolute atomic E-state index is 0.420. The lowest BCUT2D eigenvalue weighted by molar-refractivity contribution is 0.112. The molecule has 0 fully saturated rings. The molecule has 4 heteroatoms. The fraction of sp³-hybridized carbons (Fsp3) is 0.385. The number of carbonyl (C=O) groups excluding carboxylic acids is 2. The standard InChI is InChI=1S/C8H8O2.C3H5O2.C2H6/c1-10-8-5-3-2-4-7(8)6-9;1-2-5-3-4;1-2/h2-6H,1H3;2H2,1H3;1-2H3/q;-1;. The van der Waals surface area contributed by atoms with Gasteiger partial charge in [0.25, 0.3) is 0 Å². The average molecular weight is 239 g/mol. The second-order valence-electron chi connectivity index (χ2n) is 2.38. The molecule has 0 bridgehead atoms. The molecule has 1 aromatic carbocycles. The predicted octanol–water partition coefficient (Wildman–Crippen LogP) is 2.62. The summed E-state index contributed by atoms with van der Waals surface area (Å²) in [5.41, 5.74) is 0.588. The van der Waals surface area contributed by atoms with E-state index in [1.54, 1.807) is 32.2 Å². The Morgan fingerprint density at radius 1 is 1.29 bits per heavy atom. The maximum absolute atomic E-state index is 10.3. The van der Waals surface area contributed by atoms with Gasteiger partial charge in [-0.25, -0.2) is 0 Å². The van der Waals surface area contributed by atoms with Crippen LogP contribution in [-0.2, 0) is 9.53 Å². The zero-order valence-electron chi connectivity index (χ0n) is 10.7. The summed E-state index contributed by atoms with van der Waals surface area (Å²) < 4.78 is 8.93. The quantitative estimate of drug-likeness (QED) is 0.598. The van der Waals surface area contributed by atoms with Crippen molar-refractivity contribution in [2.45, 2.75) is 20.8 Å². The van der Waals surface area contributed by atoms with Crippen molar-refractivity contribution in [3.63, 3.8) is 0 Å². The molecule has 0 N–H and O–H groups in total. The van der Waals surface area contributed by atoms with Crippen LogP contribution in [0.3, 0.4) is 0 Å². The van der Waals surface area contributed by atoms with Crippen molar-refractivity contribution < 1.29 is 19.1 Å². The third-order valence-corrected chi connectivity index (χ3v) is 1.47. The second-order valence-corrected chi connectivity index (χ2v) is 2.38. The zero-order chi connectivity index (χ0) is 13.5. The molecule has 0 aliphatic carbocycles. The molecule has 0 heterocycles. The monoisotopic (exact) mass is 239 g/mol. The molecule has 0 unspecified atom stereocenters. The Morgan fingerprint density at radius 2 is 1.88 bits per heavy atom. The Morgan fingerprint density at radius 3 is 2.18 bits per heavy atom. The minimum Gasteiger partial charge on any atom is -0.653 e. The van der Waals surface area contributed by atoms with Crippen molar-refractivity contribution in [3.05, 3.63) is 29.8 Å². The Balaban J connectivity index is 0. The van der Waals surface area contributed by atoms with Gasteiger partial charge in [0.15, 0.2) is 6.29 Å². The van der Waals surface area contributed by atoms with E-state index in [1.807, 2.05) is 19.9 Å². The molecule has 17 heavy (non-hydrogen) atoms. The molecule has 1 rings (SSSR count). The van der Waals surface area contributed by atoms with Crippen molar-refractivity contribution in [1.82, 2.24) is 0 Å². The number of rotatable bonds is 4. The molecule has 0 aliphatic rings. The molecule has 0 saturated heterocycles. The summed E-state index contributed by atoms with van der Waals surface area (Å²) in [6, 6.07) is 7.09. The molecule has 0 aliphatic heterocycles. The lowest BCUT2D eigenvalue weighted by Crippen LogP contribution is -1.88. The van der Waals surface area contributed by atoms with Gasteiger partial charge in [0.1, 0.15) is 5.75 Å². The highest BCUT2D eigenvalue weighted by Crippen LogP contribution is 2.13. The van der Waals surface area contributed by atoms with Crippen LogP contribution in [0.2, 0.25) is 0 Å². The van der Waals surface area contributed by atoms with Crippen LogP contribution in [0.25, 0.3) is 0 Å². The van der Waals surface area contributed by atoms with Crippen LogP contribution in [-0.4, -0.2) is 26.5 Å². The van der Waals surface area contributed by atoms with E-state index >= 15 is 0 Å². The van der Waals surface area contributed by atoms with Gasteiger partial charge >= 0.3 is 0 Å². The number of hydrogen-bond acceptors (Lipinski definition) is 4. The van der Waals surface area contributed by atoms with Gasteiger partial charge in [-0.05, 0) is 19.1 Å². The van der Waals surface area contributed by atoms with E-state index < -0.39 is 0 Å². The summed E-state index contributed by atoms with van der Waals surface area (Å²) in [5, 5.41) is 0. The largest absolute Gasteiger partial charge is 0.653 e. The number of hydrogen-bond donors (Lipinski definition) is 0. The van der Waals surface area contributed by atoms with Gasteiger partial charge in [-0.2, -0.15) is 0 Å². The summed E-state index contributed by atoms with van der Waals surface area (Å²) >= 11 is 0. The number of ether oxygens (including phenoxy) is 2. The van der Waals surface area contributed by atoms with Gasteiger partial charge in [-0.1, -0.05) is 32.5 Å². The molecule has 0 saturated carbocycles. The first-order chi connectivity index (χ1) is 8.29. The number of carbonyl (C=O) groups is 1. The van der Waals surface area contributed by atoms with E-state index in [1.165, 1.54) is 6.47 Å². The van der Waals surface area contributed by atoms with Crippen LogP contribution >= 0.6 is 0 Å². The maximum atomic E-state index is 10.3. The number of para-hydroxylation sites is 1. The van der Waals surface area contributed by atoms with E-state index in [-0.39, 0.29) is 0 Å². The van der Waals surface area contributed by atoms with Crippen LogP contribution in [0.4, 0.5) is 0 Å². The summed E-state index contributed by atoms with van der Waals surface area (Å²) in [4.78, 5) is 19.4. The summed E-state index contributed by atoms with van der Waals surface area (Å²) in [7, 11) is 1.54. The normalized spacial score (nSPS) is 7.53. The predicted molar refractivity (Wildman–Crippen MR) is 67.0 cm³/mol. The molecule has 4 nitrogen and oxygen atoms in total. The second kappa shape index (κ2) is 14.2. The first-order valence-electron chi connectivity index (χ1n) is 5.37. The van der Waals surface area contributed by atoms with Crippen LogP contribution < -0.4 is 4.74 Å². The molecule has 96 valence electrons. The van der Waals surface area contributed by atoms with Gasteiger partial charge in [0, 0.05) is 6.61 Å². The highest BCUT2D eigenvalue weighted by Gasteiger charge is 1.96. The van der Waals surface area contributed by atoms with Gasteiger partial charge in [-0.3, -0.25) is 4.79 Å². The van der Waals surface area contributed by atoms with Crippen molar-refractivity contribution in [2.24, 2.45) is 0 Å². The van der Waals surface area contributed by atoms with E-state index in [2.05, 4.69) is 4.74 Å². The van der Waals surface area contributed by atoms with Crippen LogP contribution in [0.1, 0.15) is 31.1 Å². The molecule has 0 aromatic heterocycles. The van der Waals surface area contributed by atoms with Crippen molar-refractivity contribution in [2.75, 3.05) is 13.7 Å². The first-order valence-corrected chi connectivity index (χ1v) is 5.37. The fourth-order valence-corrected chi connectivity index (χ4v) is 0.823. The molecule has 0 spiro atoms. The van der Waals surface area contributed by atoms with Crippen molar-refractivity contribution in [1.29, 1.82) is 0 Å². The average Bonchev–Trinajstić information content (AvgIpc) is 2.42. The summed E-state index contributed by atoms with van der Waals surface area (Å²) in [6.07, 6.45) is 0.777. The number of methoxy groups -OCH3 is 1. The zero-order valence-corrected chi connectivity index (χ0v) is 10.7. The molecule has 1 aromatic rings. The van der Waals surface area contributed by atoms with Crippen molar-refractivity contribution >= 4 is 12.8 Å². The topological polar surface area (TPSA) is 52.6 Å². The van der Waals surface area contributed by atoms with Gasteiger partial charge < -0.3 is 14.3 Å². The lowest BCUT2D eigenvalue weighted by atomic mass is 10.2. The van der Waals surface area contributed by atoms with E-state index in [9.17, 15) is 4.79 Å². The Kier molecular flexibility index (Phi) is 14.6. The molecular weight excluding hydrogens is 220 g/mol. The summed E-state index contributed by atoms with van der Waals surface area (Å²) in [6.45, 7) is 7.41. The highest BCUT2D eigenvalue weighted by atomic mass is 16.5. The molecule has 0 radical (unpaired) electrons. The fourth-order valence-electron chi connectivity index (χ4n) is 0.823. The van der Waals surface area contributed by atoms with Gasteiger partial charge in [-0.15, -0.1) is 0 Å². The van der Waals surface area contributed by atoms with Gasteiger partial charge in [0.2, 0.25) is 0 Å². The highest BCUT2D eigenvalue weighted by molar-refractivity contribution is 5.79. The summed E-state index contributed by atoms with van der Waals surface area (Å²) in [5.74, 6) is 0.623. The Labute approximate surface area is 103 Å². The maximum Gasteiger partial charge on any atom is 0.153 e. The smallest absolute Gasteiger partial charge is 0.153 e. The van der Waals surface area contributed by atoms with E-state index in [4.69, 9.17) is 9.53 Å².